The second-order valence-corrected chi connectivity index (χ2v) is 7.73. The topological polar surface area (TPSA) is 38.9 Å². The number of thiazole rings is 1. The van der Waals surface area contributed by atoms with Gasteiger partial charge in [0.25, 0.3) is 0 Å². The molecule has 0 fully saturated rings. The van der Waals surface area contributed by atoms with Crippen LogP contribution >= 0.6 is 38.6 Å². The van der Waals surface area contributed by atoms with E-state index in [-0.39, 0.29) is 5.54 Å². The molecule has 0 amide bonds. The molecule has 0 bridgehead atoms. The fourth-order valence-corrected chi connectivity index (χ4v) is 3.68. The van der Waals surface area contributed by atoms with E-state index in [9.17, 15) is 0 Å². The lowest BCUT2D eigenvalue weighted by atomic mass is 10.0. The Morgan fingerprint density at radius 1 is 1.44 bits per heavy atom. The lowest BCUT2D eigenvalue weighted by Gasteiger charge is -2.15. The molecular weight excluding hydrogens is 304 g/mol. The number of hydrogen-bond donors (Lipinski definition) is 1. The normalized spacial score (nSPS) is 12.0. The van der Waals surface area contributed by atoms with E-state index >= 15 is 0 Å². The molecule has 0 aliphatic carbocycles. The number of nitrogens with two attached hydrogens (primary N) is 1. The Kier molecular flexibility index (Phi) is 3.49. The Labute approximate surface area is 112 Å². The average Bonchev–Trinajstić information content (AvgIpc) is 2.71. The van der Waals surface area contributed by atoms with Crippen molar-refractivity contribution in [2.75, 3.05) is 0 Å². The van der Waals surface area contributed by atoms with Crippen LogP contribution in [0.4, 0.5) is 0 Å². The van der Waals surface area contributed by atoms with E-state index in [1.165, 1.54) is 4.88 Å². The lowest BCUT2D eigenvalue weighted by molar-refractivity contribution is 0.511. The number of aromatic nitrogens is 1. The highest BCUT2D eigenvalue weighted by molar-refractivity contribution is 9.11. The Balaban J connectivity index is 2.20. The third kappa shape index (κ3) is 3.13. The zero-order chi connectivity index (χ0) is 11.8. The van der Waals surface area contributed by atoms with Gasteiger partial charge in [0, 0.05) is 17.3 Å². The largest absolute Gasteiger partial charge is 0.325 e. The van der Waals surface area contributed by atoms with Crippen molar-refractivity contribution in [1.29, 1.82) is 0 Å². The molecule has 2 aromatic heterocycles. The number of hydrogen-bond acceptors (Lipinski definition) is 4. The van der Waals surface area contributed by atoms with Crippen molar-refractivity contribution in [3.8, 4) is 9.88 Å². The van der Waals surface area contributed by atoms with Crippen LogP contribution in [0.5, 0.6) is 0 Å². The minimum Gasteiger partial charge on any atom is -0.325 e. The van der Waals surface area contributed by atoms with Gasteiger partial charge in [0.1, 0.15) is 5.01 Å². The van der Waals surface area contributed by atoms with Crippen LogP contribution in [0.2, 0.25) is 0 Å². The highest BCUT2D eigenvalue weighted by atomic mass is 79.9. The summed E-state index contributed by atoms with van der Waals surface area (Å²) in [6, 6.07) is 4.14. The molecule has 86 valence electrons. The van der Waals surface area contributed by atoms with Crippen LogP contribution in [-0.2, 0) is 6.42 Å². The van der Waals surface area contributed by atoms with E-state index < -0.39 is 0 Å². The van der Waals surface area contributed by atoms with Crippen molar-refractivity contribution in [3.63, 3.8) is 0 Å². The third-order valence-electron chi connectivity index (χ3n) is 1.97. The van der Waals surface area contributed by atoms with E-state index in [0.29, 0.717) is 0 Å². The Hall–Kier alpha value is -0.230. The van der Waals surface area contributed by atoms with Crippen molar-refractivity contribution < 1.29 is 0 Å². The second-order valence-electron chi connectivity index (χ2n) is 4.41. The minimum atomic E-state index is -0.193. The molecule has 0 aliphatic heterocycles. The van der Waals surface area contributed by atoms with Gasteiger partial charge in [0.15, 0.2) is 0 Å². The molecule has 0 radical (unpaired) electrons. The van der Waals surface area contributed by atoms with Gasteiger partial charge in [-0.15, -0.1) is 22.7 Å². The summed E-state index contributed by atoms with van der Waals surface area (Å²) < 4.78 is 1.14. The van der Waals surface area contributed by atoms with Gasteiger partial charge in [-0.05, 0) is 41.9 Å². The molecule has 2 heterocycles. The summed E-state index contributed by atoms with van der Waals surface area (Å²) in [7, 11) is 0. The zero-order valence-corrected chi connectivity index (χ0v) is 12.4. The van der Waals surface area contributed by atoms with Gasteiger partial charge in [0.05, 0.1) is 14.4 Å². The van der Waals surface area contributed by atoms with Gasteiger partial charge in [-0.1, -0.05) is 0 Å². The minimum absolute atomic E-state index is 0.193. The number of nitrogens with zero attached hydrogens (tertiary/aromatic N) is 1. The predicted octanol–water partition coefficient (Wildman–Crippen LogP) is 3.91. The van der Waals surface area contributed by atoms with Crippen LogP contribution in [-0.4, -0.2) is 10.5 Å². The van der Waals surface area contributed by atoms with E-state index in [4.69, 9.17) is 5.73 Å². The van der Waals surface area contributed by atoms with Crippen molar-refractivity contribution in [1.82, 2.24) is 4.98 Å². The smallest absolute Gasteiger partial charge is 0.133 e. The molecule has 0 saturated carbocycles. The first-order chi connectivity index (χ1) is 7.44. The Bertz CT molecular complexity index is 482. The summed E-state index contributed by atoms with van der Waals surface area (Å²) in [6.45, 7) is 4.04. The van der Waals surface area contributed by atoms with Crippen LogP contribution in [0, 0.1) is 0 Å². The first-order valence-corrected chi connectivity index (χ1v) is 7.42. The van der Waals surface area contributed by atoms with Gasteiger partial charge in [-0.2, -0.15) is 0 Å². The van der Waals surface area contributed by atoms with Crippen LogP contribution in [0.1, 0.15) is 19.5 Å². The monoisotopic (exact) mass is 316 g/mol. The maximum atomic E-state index is 5.98. The number of halogens is 1. The van der Waals surface area contributed by atoms with Crippen LogP contribution in [0.3, 0.4) is 0 Å². The molecule has 2 rings (SSSR count). The standard InChI is InChI=1S/C11H13BrN2S2/c1-11(2,13)5-7-6-15-10(14-7)8-3-4-9(12)16-8/h3-4,6H,5,13H2,1-2H3. The summed E-state index contributed by atoms with van der Waals surface area (Å²) in [5, 5.41) is 3.17. The van der Waals surface area contributed by atoms with E-state index in [1.54, 1.807) is 22.7 Å². The lowest BCUT2D eigenvalue weighted by Crippen LogP contribution is -2.34. The van der Waals surface area contributed by atoms with Crippen LogP contribution < -0.4 is 5.73 Å². The van der Waals surface area contributed by atoms with Crippen molar-refractivity contribution in [2.45, 2.75) is 25.8 Å². The SMILES string of the molecule is CC(C)(N)Cc1csc(-c2ccc(Br)s2)n1. The average molecular weight is 317 g/mol. The number of thiophene rings is 1. The molecule has 2 aromatic rings. The van der Waals surface area contributed by atoms with E-state index in [1.807, 2.05) is 19.9 Å². The first kappa shape index (κ1) is 12.2. The summed E-state index contributed by atoms with van der Waals surface area (Å²) in [6.07, 6.45) is 0.816. The second kappa shape index (κ2) is 4.56. The summed E-state index contributed by atoms with van der Waals surface area (Å²) in [5.74, 6) is 0. The molecule has 0 unspecified atom stereocenters. The quantitative estimate of drug-likeness (QED) is 0.932. The Morgan fingerprint density at radius 3 is 2.75 bits per heavy atom. The maximum Gasteiger partial charge on any atom is 0.133 e. The zero-order valence-electron chi connectivity index (χ0n) is 9.16. The fourth-order valence-electron chi connectivity index (χ4n) is 1.40. The van der Waals surface area contributed by atoms with Crippen molar-refractivity contribution in [2.24, 2.45) is 5.73 Å². The molecule has 0 aromatic carbocycles. The first-order valence-electron chi connectivity index (χ1n) is 4.93. The summed E-state index contributed by atoms with van der Waals surface area (Å²) >= 11 is 6.85. The molecule has 0 spiro atoms. The fraction of sp³-hybridized carbons (Fsp3) is 0.364. The van der Waals surface area contributed by atoms with Gasteiger partial charge in [-0.25, -0.2) is 4.98 Å². The van der Waals surface area contributed by atoms with E-state index in [0.717, 1.165) is 20.9 Å². The maximum absolute atomic E-state index is 5.98. The van der Waals surface area contributed by atoms with Gasteiger partial charge in [0.2, 0.25) is 0 Å². The molecule has 2 nitrogen and oxygen atoms in total. The molecule has 2 N–H and O–H groups in total. The highest BCUT2D eigenvalue weighted by Gasteiger charge is 2.15. The molecular formula is C11H13BrN2S2. The van der Waals surface area contributed by atoms with Gasteiger partial charge < -0.3 is 5.73 Å². The molecule has 0 aliphatic rings. The van der Waals surface area contributed by atoms with Gasteiger partial charge >= 0.3 is 0 Å². The van der Waals surface area contributed by atoms with Crippen molar-refractivity contribution in [3.05, 3.63) is 27.0 Å². The van der Waals surface area contributed by atoms with Crippen molar-refractivity contribution >= 4 is 38.6 Å². The molecule has 0 atom stereocenters. The van der Waals surface area contributed by atoms with Gasteiger partial charge in [-0.3, -0.25) is 0 Å². The van der Waals surface area contributed by atoms with E-state index in [2.05, 4.69) is 32.4 Å². The highest BCUT2D eigenvalue weighted by Crippen LogP contribution is 2.33. The summed E-state index contributed by atoms with van der Waals surface area (Å²) in [5.41, 5.74) is 6.87. The molecule has 0 saturated heterocycles. The van der Waals surface area contributed by atoms with Crippen LogP contribution in [0.15, 0.2) is 21.3 Å². The Morgan fingerprint density at radius 2 is 2.19 bits per heavy atom. The molecule has 16 heavy (non-hydrogen) atoms. The predicted molar refractivity (Wildman–Crippen MR) is 75.1 cm³/mol. The van der Waals surface area contributed by atoms with Crippen LogP contribution in [0.25, 0.3) is 9.88 Å². The molecule has 5 heteroatoms. The number of rotatable bonds is 3. The summed E-state index contributed by atoms with van der Waals surface area (Å²) in [4.78, 5) is 5.81. The third-order valence-corrected chi connectivity index (χ3v) is 4.66.